The van der Waals surface area contributed by atoms with Gasteiger partial charge in [-0.05, 0) is 31.5 Å². The predicted octanol–water partition coefficient (Wildman–Crippen LogP) is 1.64. The van der Waals surface area contributed by atoms with E-state index in [4.69, 9.17) is 14.2 Å². The molecule has 1 atom stereocenters. The molecule has 1 aromatic carbocycles. The van der Waals surface area contributed by atoms with Crippen LogP contribution >= 0.6 is 0 Å². The molecule has 2 N–H and O–H groups in total. The number of carboxylic acid groups (broad SMARTS) is 1. The Morgan fingerprint density at radius 1 is 1.07 bits per heavy atom. The number of aliphatic carboxylic acids is 1. The van der Waals surface area contributed by atoms with Crippen LogP contribution in [0.4, 0.5) is 4.79 Å². The van der Waals surface area contributed by atoms with Crippen molar-refractivity contribution < 1.29 is 43.2 Å². The van der Waals surface area contributed by atoms with Gasteiger partial charge < -0.3 is 24.1 Å². The zero-order chi connectivity index (χ0) is 21.5. The van der Waals surface area contributed by atoms with Crippen molar-refractivity contribution in [2.24, 2.45) is 0 Å². The van der Waals surface area contributed by atoms with E-state index in [2.05, 4.69) is 10.1 Å². The summed E-state index contributed by atoms with van der Waals surface area (Å²) in [6.07, 6.45) is -1.52. The molecule has 0 unspecified atom stereocenters. The fraction of sp³-hybridized carbons (Fsp3) is 0.444. The SMILES string of the molecule is COC(=O)O[C@](Cc1ccc(OC(C)=O)c(OC(C)=O)c1)(NC(C)C)C(=O)O. The second-order valence-corrected chi connectivity index (χ2v) is 6.13. The van der Waals surface area contributed by atoms with Gasteiger partial charge in [-0.25, -0.2) is 9.59 Å². The fourth-order valence-corrected chi connectivity index (χ4v) is 2.37. The minimum atomic E-state index is -2.14. The topological polar surface area (TPSA) is 137 Å². The molecule has 1 rings (SSSR count). The number of rotatable bonds is 8. The van der Waals surface area contributed by atoms with Crippen LogP contribution in [0.1, 0.15) is 33.3 Å². The van der Waals surface area contributed by atoms with Crippen molar-refractivity contribution in [2.45, 2.75) is 45.9 Å². The highest BCUT2D eigenvalue weighted by molar-refractivity contribution is 5.80. The molecule has 0 aliphatic heterocycles. The molecule has 28 heavy (non-hydrogen) atoms. The smallest absolute Gasteiger partial charge is 0.477 e. The maximum atomic E-state index is 11.9. The normalized spacial score (nSPS) is 12.6. The molecule has 0 fully saturated rings. The standard InChI is InChI=1S/C18H23NO9/c1-10(2)19-18(16(22)23,28-17(24)25-5)9-13-6-7-14(26-11(3)20)15(8-13)27-12(4)21/h6-8,10,19H,9H2,1-5H3,(H,22,23)/t18-/m0/s1. The third-order valence-corrected chi connectivity index (χ3v) is 3.26. The lowest BCUT2D eigenvalue weighted by Crippen LogP contribution is -2.59. The van der Waals surface area contributed by atoms with E-state index in [-0.39, 0.29) is 24.0 Å². The van der Waals surface area contributed by atoms with E-state index in [1.807, 2.05) is 0 Å². The molecule has 0 amide bonds. The monoisotopic (exact) mass is 397 g/mol. The minimum absolute atomic E-state index is 0.0157. The van der Waals surface area contributed by atoms with Crippen molar-refractivity contribution in [2.75, 3.05) is 7.11 Å². The molecule has 10 nitrogen and oxygen atoms in total. The summed E-state index contributed by atoms with van der Waals surface area (Å²) in [7, 11) is 1.05. The molecule has 0 saturated carbocycles. The fourth-order valence-electron chi connectivity index (χ4n) is 2.37. The van der Waals surface area contributed by atoms with Crippen LogP contribution in [-0.4, -0.2) is 48.0 Å². The number of esters is 2. The summed E-state index contributed by atoms with van der Waals surface area (Å²) in [6.45, 7) is 5.68. The Morgan fingerprint density at radius 2 is 1.64 bits per heavy atom. The Balaban J connectivity index is 3.36. The van der Waals surface area contributed by atoms with Gasteiger partial charge >= 0.3 is 24.1 Å². The van der Waals surface area contributed by atoms with E-state index in [0.717, 1.165) is 14.0 Å². The third kappa shape index (κ3) is 6.54. The molecule has 0 aliphatic carbocycles. The lowest BCUT2D eigenvalue weighted by molar-refractivity contribution is -0.166. The second kappa shape index (κ2) is 9.70. The number of carbonyl (C=O) groups excluding carboxylic acids is 3. The Kier molecular flexibility index (Phi) is 7.93. The van der Waals surface area contributed by atoms with Gasteiger partial charge in [0, 0.05) is 26.3 Å². The molecule has 10 heteroatoms. The van der Waals surface area contributed by atoms with Crippen molar-refractivity contribution in [3.8, 4) is 11.5 Å². The molecule has 1 aromatic rings. The summed E-state index contributed by atoms with van der Waals surface area (Å²) in [5, 5.41) is 12.4. The maximum Gasteiger partial charge on any atom is 0.510 e. The first-order chi connectivity index (χ1) is 13.0. The van der Waals surface area contributed by atoms with E-state index in [9.17, 15) is 24.3 Å². The Morgan fingerprint density at radius 3 is 2.11 bits per heavy atom. The van der Waals surface area contributed by atoms with Crippen LogP contribution in [0, 0.1) is 0 Å². The van der Waals surface area contributed by atoms with E-state index < -0.39 is 29.8 Å². The quantitative estimate of drug-likeness (QED) is 0.378. The Hall–Kier alpha value is -3.14. The van der Waals surface area contributed by atoms with Gasteiger partial charge in [-0.15, -0.1) is 0 Å². The van der Waals surface area contributed by atoms with Gasteiger partial charge in [0.2, 0.25) is 0 Å². The number of ether oxygens (including phenoxy) is 4. The van der Waals surface area contributed by atoms with Crippen molar-refractivity contribution in [1.29, 1.82) is 0 Å². The molecular weight excluding hydrogens is 374 g/mol. The van der Waals surface area contributed by atoms with Gasteiger partial charge in [0.05, 0.1) is 7.11 Å². The first-order valence-electron chi connectivity index (χ1n) is 8.27. The number of nitrogens with one attached hydrogen (secondary N) is 1. The number of carboxylic acids is 1. The van der Waals surface area contributed by atoms with Crippen molar-refractivity contribution in [3.05, 3.63) is 23.8 Å². The van der Waals surface area contributed by atoms with Gasteiger partial charge in [0.1, 0.15) is 0 Å². The average Bonchev–Trinajstić information content (AvgIpc) is 2.55. The maximum absolute atomic E-state index is 11.9. The molecule has 0 spiro atoms. The highest BCUT2D eigenvalue weighted by Crippen LogP contribution is 2.31. The highest BCUT2D eigenvalue weighted by Gasteiger charge is 2.44. The molecule has 154 valence electrons. The zero-order valence-electron chi connectivity index (χ0n) is 16.2. The number of hydrogen-bond acceptors (Lipinski definition) is 9. The summed E-state index contributed by atoms with van der Waals surface area (Å²) < 4.78 is 19.4. The van der Waals surface area contributed by atoms with Gasteiger partial charge in [-0.2, -0.15) is 0 Å². The largest absolute Gasteiger partial charge is 0.510 e. The Labute approximate surface area is 161 Å². The molecular formula is C18H23NO9. The summed E-state index contributed by atoms with van der Waals surface area (Å²) in [5.41, 5.74) is -1.82. The lowest BCUT2D eigenvalue weighted by Gasteiger charge is -2.31. The first-order valence-corrected chi connectivity index (χ1v) is 8.27. The van der Waals surface area contributed by atoms with E-state index >= 15 is 0 Å². The van der Waals surface area contributed by atoms with Crippen LogP contribution < -0.4 is 14.8 Å². The summed E-state index contributed by atoms with van der Waals surface area (Å²) in [5.74, 6) is -2.84. The minimum Gasteiger partial charge on any atom is -0.477 e. The van der Waals surface area contributed by atoms with Crippen LogP contribution in [0.2, 0.25) is 0 Å². The third-order valence-electron chi connectivity index (χ3n) is 3.26. The van der Waals surface area contributed by atoms with E-state index in [0.29, 0.717) is 5.56 Å². The number of hydrogen-bond donors (Lipinski definition) is 2. The molecule has 0 heterocycles. The molecule has 0 radical (unpaired) electrons. The average molecular weight is 397 g/mol. The van der Waals surface area contributed by atoms with Crippen LogP contribution in [0.5, 0.6) is 11.5 Å². The van der Waals surface area contributed by atoms with Gasteiger partial charge in [0.15, 0.2) is 11.5 Å². The number of methoxy groups -OCH3 is 1. The highest BCUT2D eigenvalue weighted by atomic mass is 16.7. The van der Waals surface area contributed by atoms with Gasteiger partial charge in [0.25, 0.3) is 5.72 Å². The van der Waals surface area contributed by atoms with Gasteiger partial charge in [-0.1, -0.05) is 6.07 Å². The first kappa shape index (κ1) is 22.9. The summed E-state index contributed by atoms with van der Waals surface area (Å²) >= 11 is 0. The number of carbonyl (C=O) groups is 4. The van der Waals surface area contributed by atoms with E-state index in [1.165, 1.54) is 25.1 Å². The van der Waals surface area contributed by atoms with Crippen molar-refractivity contribution in [3.63, 3.8) is 0 Å². The van der Waals surface area contributed by atoms with Crippen LogP contribution in [0.25, 0.3) is 0 Å². The van der Waals surface area contributed by atoms with Crippen LogP contribution in [0.15, 0.2) is 18.2 Å². The van der Waals surface area contributed by atoms with E-state index in [1.54, 1.807) is 13.8 Å². The lowest BCUT2D eigenvalue weighted by atomic mass is 10.0. The molecule has 0 bridgehead atoms. The molecule has 0 saturated heterocycles. The summed E-state index contributed by atoms with van der Waals surface area (Å²) in [6, 6.07) is 3.75. The van der Waals surface area contributed by atoms with Gasteiger partial charge in [-0.3, -0.25) is 14.9 Å². The Bertz CT molecular complexity index is 759. The number of benzene rings is 1. The molecule has 0 aromatic heterocycles. The zero-order valence-corrected chi connectivity index (χ0v) is 16.2. The molecule has 0 aliphatic rings. The van der Waals surface area contributed by atoms with Crippen molar-refractivity contribution >= 4 is 24.1 Å². The summed E-state index contributed by atoms with van der Waals surface area (Å²) in [4.78, 5) is 46.1. The van der Waals surface area contributed by atoms with Crippen LogP contribution in [0.3, 0.4) is 0 Å². The van der Waals surface area contributed by atoms with Crippen molar-refractivity contribution in [1.82, 2.24) is 5.32 Å². The predicted molar refractivity (Wildman–Crippen MR) is 94.9 cm³/mol. The second-order valence-electron chi connectivity index (χ2n) is 6.13. The van der Waals surface area contributed by atoms with Crippen LogP contribution in [-0.2, 0) is 30.3 Å².